The van der Waals surface area contributed by atoms with Crippen molar-refractivity contribution in [2.45, 2.75) is 19.4 Å². The van der Waals surface area contributed by atoms with Crippen LogP contribution < -0.4 is 5.32 Å². The van der Waals surface area contributed by atoms with Gasteiger partial charge in [-0.2, -0.15) is 0 Å². The van der Waals surface area contributed by atoms with Crippen LogP contribution in [0, 0.1) is 0 Å². The SMILES string of the molecule is CCN1CN(CC(=O)N[C@H](Cc2ccccc2)c2ccccc2)CC1=O. The van der Waals surface area contributed by atoms with Crippen molar-refractivity contribution in [2.24, 2.45) is 0 Å². The smallest absolute Gasteiger partial charge is 0.237 e. The summed E-state index contributed by atoms with van der Waals surface area (Å²) in [6.07, 6.45) is 0.733. The molecular weight excluding hydrogens is 326 g/mol. The molecular formula is C21H25N3O2. The summed E-state index contributed by atoms with van der Waals surface area (Å²) in [4.78, 5) is 28.1. The Bertz CT molecular complexity index is 733. The Morgan fingerprint density at radius 1 is 1.08 bits per heavy atom. The zero-order chi connectivity index (χ0) is 18.4. The zero-order valence-electron chi connectivity index (χ0n) is 15.1. The fourth-order valence-electron chi connectivity index (χ4n) is 3.27. The highest BCUT2D eigenvalue weighted by Gasteiger charge is 2.28. The quantitative estimate of drug-likeness (QED) is 0.832. The van der Waals surface area contributed by atoms with Gasteiger partial charge in [-0.25, -0.2) is 0 Å². The lowest BCUT2D eigenvalue weighted by Gasteiger charge is -2.22. The second-order valence-corrected chi connectivity index (χ2v) is 6.60. The minimum Gasteiger partial charge on any atom is -0.348 e. The highest BCUT2D eigenvalue weighted by atomic mass is 16.2. The Balaban J connectivity index is 1.65. The predicted molar refractivity (Wildman–Crippen MR) is 101 cm³/mol. The Morgan fingerprint density at radius 2 is 1.73 bits per heavy atom. The van der Waals surface area contributed by atoms with Crippen LogP contribution in [0.1, 0.15) is 24.1 Å². The van der Waals surface area contributed by atoms with Crippen LogP contribution in [-0.4, -0.2) is 47.9 Å². The second-order valence-electron chi connectivity index (χ2n) is 6.60. The minimum absolute atomic E-state index is 0.0551. The average molecular weight is 351 g/mol. The molecule has 136 valence electrons. The first-order chi connectivity index (χ1) is 12.7. The first-order valence-corrected chi connectivity index (χ1v) is 9.04. The summed E-state index contributed by atoms with van der Waals surface area (Å²) in [5.41, 5.74) is 2.26. The maximum atomic E-state index is 12.6. The first kappa shape index (κ1) is 18.1. The van der Waals surface area contributed by atoms with Crippen LogP contribution >= 0.6 is 0 Å². The number of likely N-dealkylation sites (N-methyl/N-ethyl adjacent to an activating group) is 1. The summed E-state index contributed by atoms with van der Waals surface area (Å²) < 4.78 is 0. The summed E-state index contributed by atoms with van der Waals surface area (Å²) in [5.74, 6) is 0.0322. The van der Waals surface area contributed by atoms with Gasteiger partial charge in [0.1, 0.15) is 0 Å². The van der Waals surface area contributed by atoms with Crippen LogP contribution in [0.3, 0.4) is 0 Å². The molecule has 1 aliphatic heterocycles. The lowest BCUT2D eigenvalue weighted by Crippen LogP contribution is -2.39. The van der Waals surface area contributed by atoms with Gasteiger partial charge >= 0.3 is 0 Å². The van der Waals surface area contributed by atoms with E-state index in [0.29, 0.717) is 19.8 Å². The largest absolute Gasteiger partial charge is 0.348 e. The third-order valence-electron chi connectivity index (χ3n) is 4.65. The molecule has 1 atom stereocenters. The normalized spacial score (nSPS) is 15.9. The van der Waals surface area contributed by atoms with Crippen molar-refractivity contribution in [3.63, 3.8) is 0 Å². The summed E-state index contributed by atoms with van der Waals surface area (Å²) >= 11 is 0. The van der Waals surface area contributed by atoms with E-state index in [0.717, 1.165) is 12.0 Å². The molecule has 1 fully saturated rings. The maximum absolute atomic E-state index is 12.6. The van der Waals surface area contributed by atoms with Crippen LogP contribution in [-0.2, 0) is 16.0 Å². The minimum atomic E-state index is -0.0910. The number of hydrogen-bond acceptors (Lipinski definition) is 3. The molecule has 1 saturated heterocycles. The third-order valence-corrected chi connectivity index (χ3v) is 4.65. The van der Waals surface area contributed by atoms with Crippen LogP contribution in [0.15, 0.2) is 60.7 Å². The molecule has 0 bridgehead atoms. The van der Waals surface area contributed by atoms with Crippen LogP contribution in [0.25, 0.3) is 0 Å². The van der Waals surface area contributed by atoms with Crippen LogP contribution in [0.2, 0.25) is 0 Å². The topological polar surface area (TPSA) is 52.6 Å². The predicted octanol–water partition coefficient (Wildman–Crippen LogP) is 2.21. The first-order valence-electron chi connectivity index (χ1n) is 9.04. The number of carbonyl (C=O) groups is 2. The number of nitrogens with one attached hydrogen (secondary N) is 1. The summed E-state index contributed by atoms with van der Waals surface area (Å²) in [6.45, 7) is 3.71. The average Bonchev–Trinajstić information content (AvgIpc) is 3.02. The van der Waals surface area contributed by atoms with Gasteiger partial charge in [-0.05, 0) is 24.5 Å². The van der Waals surface area contributed by atoms with Gasteiger partial charge in [0.15, 0.2) is 0 Å². The summed E-state index contributed by atoms with van der Waals surface area (Å²) in [6, 6.07) is 20.1. The highest BCUT2D eigenvalue weighted by molar-refractivity contribution is 5.83. The molecule has 0 aromatic heterocycles. The Morgan fingerprint density at radius 3 is 2.35 bits per heavy atom. The Hall–Kier alpha value is -2.66. The number of carbonyl (C=O) groups excluding carboxylic acids is 2. The lowest BCUT2D eigenvalue weighted by molar-refractivity contribution is -0.126. The fourth-order valence-corrected chi connectivity index (χ4v) is 3.27. The second kappa shape index (κ2) is 8.63. The van der Waals surface area contributed by atoms with E-state index < -0.39 is 0 Å². The van der Waals surface area contributed by atoms with Crippen LogP contribution in [0.5, 0.6) is 0 Å². The Kier molecular flexibility index (Phi) is 6.02. The van der Waals surface area contributed by atoms with Gasteiger partial charge in [0, 0.05) is 6.54 Å². The zero-order valence-corrected chi connectivity index (χ0v) is 15.1. The molecule has 2 amide bonds. The van der Waals surface area contributed by atoms with Crippen LogP contribution in [0.4, 0.5) is 0 Å². The highest BCUT2D eigenvalue weighted by Crippen LogP contribution is 2.18. The number of nitrogens with zero attached hydrogens (tertiary/aromatic N) is 2. The Labute approximate surface area is 154 Å². The monoisotopic (exact) mass is 351 g/mol. The fraction of sp³-hybridized carbons (Fsp3) is 0.333. The van der Waals surface area contributed by atoms with Crippen molar-refractivity contribution in [3.8, 4) is 0 Å². The number of amides is 2. The van der Waals surface area contributed by atoms with E-state index in [1.165, 1.54) is 5.56 Å². The van der Waals surface area contributed by atoms with Crippen molar-refractivity contribution < 1.29 is 9.59 Å². The molecule has 0 radical (unpaired) electrons. The van der Waals surface area contributed by atoms with Gasteiger partial charge in [-0.3, -0.25) is 14.5 Å². The van der Waals surface area contributed by atoms with Crippen molar-refractivity contribution in [1.82, 2.24) is 15.1 Å². The molecule has 2 aromatic carbocycles. The molecule has 1 aliphatic rings. The number of hydrogen-bond donors (Lipinski definition) is 1. The molecule has 0 spiro atoms. The van der Waals surface area contributed by atoms with E-state index in [9.17, 15) is 9.59 Å². The van der Waals surface area contributed by atoms with Gasteiger partial charge in [-0.1, -0.05) is 60.7 Å². The lowest BCUT2D eigenvalue weighted by atomic mass is 9.99. The molecule has 3 rings (SSSR count). The van der Waals surface area contributed by atoms with E-state index in [1.54, 1.807) is 4.90 Å². The van der Waals surface area contributed by atoms with Crippen molar-refractivity contribution >= 4 is 11.8 Å². The molecule has 1 N–H and O–H groups in total. The molecule has 0 aliphatic carbocycles. The summed E-state index contributed by atoms with van der Waals surface area (Å²) in [5, 5.41) is 3.15. The third kappa shape index (κ3) is 4.70. The van der Waals surface area contributed by atoms with E-state index in [1.807, 2.05) is 60.4 Å². The molecule has 26 heavy (non-hydrogen) atoms. The van der Waals surface area contributed by atoms with Gasteiger partial charge in [0.05, 0.1) is 25.8 Å². The standard InChI is InChI=1S/C21H25N3O2/c1-2-24-16-23(15-21(24)26)14-20(25)22-19(18-11-7-4-8-12-18)13-17-9-5-3-6-10-17/h3-12,19H,2,13-16H2,1H3,(H,22,25)/t19-/m1/s1. The van der Waals surface area contributed by atoms with Gasteiger partial charge < -0.3 is 10.2 Å². The van der Waals surface area contributed by atoms with Crippen molar-refractivity contribution in [2.75, 3.05) is 26.3 Å². The maximum Gasteiger partial charge on any atom is 0.237 e. The van der Waals surface area contributed by atoms with E-state index in [4.69, 9.17) is 0 Å². The molecule has 1 heterocycles. The molecule has 5 heteroatoms. The molecule has 0 unspecified atom stereocenters. The van der Waals surface area contributed by atoms with Crippen molar-refractivity contribution in [3.05, 3.63) is 71.8 Å². The van der Waals surface area contributed by atoms with E-state index in [-0.39, 0.29) is 24.4 Å². The summed E-state index contributed by atoms with van der Waals surface area (Å²) in [7, 11) is 0. The van der Waals surface area contributed by atoms with Crippen molar-refractivity contribution in [1.29, 1.82) is 0 Å². The number of benzene rings is 2. The molecule has 5 nitrogen and oxygen atoms in total. The van der Waals surface area contributed by atoms with Gasteiger partial charge in [0.25, 0.3) is 0 Å². The molecule has 2 aromatic rings. The van der Waals surface area contributed by atoms with E-state index in [2.05, 4.69) is 17.4 Å². The van der Waals surface area contributed by atoms with Gasteiger partial charge in [0.2, 0.25) is 11.8 Å². The molecule has 0 saturated carbocycles. The van der Waals surface area contributed by atoms with E-state index >= 15 is 0 Å². The number of rotatable bonds is 7. The van der Waals surface area contributed by atoms with Gasteiger partial charge in [-0.15, -0.1) is 0 Å².